The van der Waals surface area contributed by atoms with Gasteiger partial charge in [0.25, 0.3) is 10.0 Å². The SMILES string of the molecule is CN(Cc1cccc(C#N)c1)S(=O)(=O)c1ccn[nH]1. The largest absolute Gasteiger partial charge is 0.266 e. The summed E-state index contributed by atoms with van der Waals surface area (Å²) in [6.07, 6.45) is 1.39. The smallest absolute Gasteiger partial charge is 0.260 e. The predicted octanol–water partition coefficient (Wildman–Crippen LogP) is 1.10. The van der Waals surface area contributed by atoms with Crippen LogP contribution >= 0.6 is 0 Å². The highest BCUT2D eigenvalue weighted by molar-refractivity contribution is 7.89. The predicted molar refractivity (Wildman–Crippen MR) is 68.4 cm³/mol. The number of hydrogen-bond donors (Lipinski definition) is 1. The van der Waals surface area contributed by atoms with E-state index in [1.54, 1.807) is 24.3 Å². The number of nitrogens with one attached hydrogen (secondary N) is 1. The molecule has 0 aliphatic heterocycles. The lowest BCUT2D eigenvalue weighted by molar-refractivity contribution is 0.463. The summed E-state index contributed by atoms with van der Waals surface area (Å²) in [5.74, 6) is 0. The summed E-state index contributed by atoms with van der Waals surface area (Å²) in [4.78, 5) is 0. The van der Waals surface area contributed by atoms with E-state index in [1.165, 1.54) is 23.6 Å². The van der Waals surface area contributed by atoms with Crippen molar-refractivity contribution < 1.29 is 8.42 Å². The van der Waals surface area contributed by atoms with Crippen LogP contribution in [0.25, 0.3) is 0 Å². The molecule has 0 saturated carbocycles. The first-order chi connectivity index (χ1) is 9.04. The molecule has 0 fully saturated rings. The van der Waals surface area contributed by atoms with Gasteiger partial charge in [-0.3, -0.25) is 5.10 Å². The number of nitriles is 1. The summed E-state index contributed by atoms with van der Waals surface area (Å²) in [6, 6.07) is 10.3. The third-order valence-corrected chi connectivity index (χ3v) is 4.36. The van der Waals surface area contributed by atoms with Crippen molar-refractivity contribution in [3.8, 4) is 6.07 Å². The molecule has 0 aliphatic carbocycles. The molecule has 1 heterocycles. The summed E-state index contributed by atoms with van der Waals surface area (Å²) < 4.78 is 25.5. The average molecular weight is 276 g/mol. The fraction of sp³-hybridized carbons (Fsp3) is 0.167. The lowest BCUT2D eigenvalue weighted by Crippen LogP contribution is -2.26. The first-order valence-corrected chi connectivity index (χ1v) is 6.93. The van der Waals surface area contributed by atoms with Gasteiger partial charge in [-0.2, -0.15) is 14.7 Å². The van der Waals surface area contributed by atoms with Gasteiger partial charge in [-0.05, 0) is 23.8 Å². The number of hydrogen-bond acceptors (Lipinski definition) is 4. The van der Waals surface area contributed by atoms with Gasteiger partial charge in [0.15, 0.2) is 5.03 Å². The maximum absolute atomic E-state index is 12.1. The van der Waals surface area contributed by atoms with Gasteiger partial charge >= 0.3 is 0 Å². The minimum atomic E-state index is -3.58. The number of aromatic amines is 1. The second-order valence-electron chi connectivity index (χ2n) is 3.99. The highest BCUT2D eigenvalue weighted by Gasteiger charge is 2.22. The molecule has 0 saturated heterocycles. The molecule has 0 bridgehead atoms. The Morgan fingerprint density at radius 3 is 2.84 bits per heavy atom. The number of benzene rings is 1. The van der Waals surface area contributed by atoms with Crippen molar-refractivity contribution in [2.75, 3.05) is 7.05 Å². The zero-order chi connectivity index (χ0) is 13.9. The standard InChI is InChI=1S/C12H12N4O2S/c1-16(19(17,18)12-5-6-14-15-12)9-11-4-2-3-10(7-11)8-13/h2-7H,9H2,1H3,(H,14,15). The van der Waals surface area contributed by atoms with E-state index in [-0.39, 0.29) is 11.6 Å². The molecular formula is C12H12N4O2S. The quantitative estimate of drug-likeness (QED) is 0.905. The highest BCUT2D eigenvalue weighted by Crippen LogP contribution is 2.14. The van der Waals surface area contributed by atoms with Crippen LogP contribution in [-0.2, 0) is 16.6 Å². The molecule has 0 spiro atoms. The van der Waals surface area contributed by atoms with E-state index in [2.05, 4.69) is 10.2 Å². The maximum atomic E-state index is 12.1. The third-order valence-electron chi connectivity index (χ3n) is 2.62. The first kappa shape index (κ1) is 13.3. The molecule has 0 aliphatic rings. The summed E-state index contributed by atoms with van der Waals surface area (Å²) in [5, 5.41) is 14.9. The van der Waals surface area contributed by atoms with Crippen molar-refractivity contribution in [3.63, 3.8) is 0 Å². The minimum absolute atomic E-state index is 0.0476. The van der Waals surface area contributed by atoms with Gasteiger partial charge in [-0.1, -0.05) is 12.1 Å². The van der Waals surface area contributed by atoms with Crippen LogP contribution in [0.4, 0.5) is 0 Å². The van der Waals surface area contributed by atoms with E-state index in [9.17, 15) is 8.42 Å². The highest BCUT2D eigenvalue weighted by atomic mass is 32.2. The summed E-state index contributed by atoms with van der Waals surface area (Å²) >= 11 is 0. The Hall–Kier alpha value is -2.17. The summed E-state index contributed by atoms with van der Waals surface area (Å²) in [5.41, 5.74) is 1.26. The van der Waals surface area contributed by atoms with E-state index < -0.39 is 10.0 Å². The molecule has 2 rings (SSSR count). The van der Waals surface area contributed by atoms with E-state index in [1.807, 2.05) is 6.07 Å². The number of aromatic nitrogens is 2. The fourth-order valence-corrected chi connectivity index (χ4v) is 2.69. The minimum Gasteiger partial charge on any atom is -0.266 e. The average Bonchev–Trinajstić information content (AvgIpc) is 2.93. The molecule has 1 aromatic carbocycles. The number of nitrogens with zero attached hydrogens (tertiary/aromatic N) is 3. The molecular weight excluding hydrogens is 264 g/mol. The monoisotopic (exact) mass is 276 g/mol. The molecule has 2 aromatic rings. The van der Waals surface area contributed by atoms with Crippen LogP contribution in [0, 0.1) is 11.3 Å². The third kappa shape index (κ3) is 2.81. The maximum Gasteiger partial charge on any atom is 0.260 e. The molecule has 98 valence electrons. The Morgan fingerprint density at radius 2 is 2.21 bits per heavy atom. The Kier molecular flexibility index (Phi) is 3.64. The van der Waals surface area contributed by atoms with E-state index in [0.29, 0.717) is 5.56 Å². The topological polar surface area (TPSA) is 89.8 Å². The molecule has 0 unspecified atom stereocenters. The Balaban J connectivity index is 2.22. The van der Waals surface area contributed by atoms with Gasteiger partial charge < -0.3 is 0 Å². The van der Waals surface area contributed by atoms with Gasteiger partial charge in [0.2, 0.25) is 0 Å². The van der Waals surface area contributed by atoms with Crippen molar-refractivity contribution >= 4 is 10.0 Å². The van der Waals surface area contributed by atoms with Crippen LogP contribution in [0.15, 0.2) is 41.6 Å². The lowest BCUT2D eigenvalue weighted by Gasteiger charge is -2.15. The molecule has 0 atom stereocenters. The van der Waals surface area contributed by atoms with Crippen LogP contribution in [0.3, 0.4) is 0 Å². The van der Waals surface area contributed by atoms with Crippen molar-refractivity contribution in [1.29, 1.82) is 5.26 Å². The van der Waals surface area contributed by atoms with E-state index >= 15 is 0 Å². The zero-order valence-electron chi connectivity index (χ0n) is 10.2. The van der Waals surface area contributed by atoms with Gasteiger partial charge in [0.1, 0.15) is 0 Å². The Bertz CT molecular complexity index is 702. The van der Waals surface area contributed by atoms with Crippen molar-refractivity contribution in [1.82, 2.24) is 14.5 Å². The van der Waals surface area contributed by atoms with Crippen LogP contribution in [0.5, 0.6) is 0 Å². The fourth-order valence-electron chi connectivity index (χ4n) is 1.64. The normalized spacial score (nSPS) is 11.4. The van der Waals surface area contributed by atoms with Crippen LogP contribution < -0.4 is 0 Å². The van der Waals surface area contributed by atoms with Crippen LogP contribution in [0.1, 0.15) is 11.1 Å². The summed E-state index contributed by atoms with van der Waals surface area (Å²) in [7, 11) is -2.10. The van der Waals surface area contributed by atoms with Gasteiger partial charge in [-0.15, -0.1) is 0 Å². The second-order valence-corrected chi connectivity index (χ2v) is 6.01. The van der Waals surface area contributed by atoms with Gasteiger partial charge in [0.05, 0.1) is 17.8 Å². The lowest BCUT2D eigenvalue weighted by atomic mass is 10.1. The Labute approximate surface area is 111 Å². The second kappa shape index (κ2) is 5.22. The molecule has 19 heavy (non-hydrogen) atoms. The molecule has 6 nitrogen and oxygen atoms in total. The van der Waals surface area contributed by atoms with Gasteiger partial charge in [0, 0.05) is 13.6 Å². The first-order valence-electron chi connectivity index (χ1n) is 5.49. The molecule has 1 aromatic heterocycles. The number of H-pyrrole nitrogens is 1. The Morgan fingerprint density at radius 1 is 1.42 bits per heavy atom. The van der Waals surface area contributed by atoms with Crippen molar-refractivity contribution in [2.24, 2.45) is 0 Å². The number of rotatable bonds is 4. The van der Waals surface area contributed by atoms with Crippen molar-refractivity contribution in [2.45, 2.75) is 11.6 Å². The zero-order valence-corrected chi connectivity index (χ0v) is 11.1. The van der Waals surface area contributed by atoms with E-state index in [4.69, 9.17) is 5.26 Å². The van der Waals surface area contributed by atoms with Crippen LogP contribution in [-0.4, -0.2) is 30.0 Å². The summed E-state index contributed by atoms with van der Waals surface area (Å²) in [6.45, 7) is 0.191. The van der Waals surface area contributed by atoms with E-state index in [0.717, 1.165) is 5.56 Å². The van der Waals surface area contributed by atoms with Gasteiger partial charge in [-0.25, -0.2) is 8.42 Å². The number of sulfonamides is 1. The molecule has 7 heteroatoms. The molecule has 1 N–H and O–H groups in total. The van der Waals surface area contributed by atoms with Crippen molar-refractivity contribution in [3.05, 3.63) is 47.7 Å². The molecule has 0 amide bonds. The van der Waals surface area contributed by atoms with Crippen LogP contribution in [0.2, 0.25) is 0 Å². The molecule has 0 radical (unpaired) electrons.